The van der Waals surface area contributed by atoms with E-state index in [9.17, 15) is 4.79 Å². The van der Waals surface area contributed by atoms with E-state index >= 15 is 0 Å². The maximum atomic E-state index is 13.0. The molecule has 1 saturated heterocycles. The molecule has 2 N–H and O–H groups in total. The van der Waals surface area contributed by atoms with E-state index in [2.05, 4.69) is 35.2 Å². The van der Waals surface area contributed by atoms with Crippen LogP contribution >= 0.6 is 0 Å². The molecule has 1 aliphatic heterocycles. The molecule has 130 valence electrons. The predicted octanol–water partition coefficient (Wildman–Crippen LogP) is 3.55. The van der Waals surface area contributed by atoms with Gasteiger partial charge < -0.3 is 10.6 Å². The zero-order valence-electron chi connectivity index (χ0n) is 14.6. The Labute approximate surface area is 145 Å². The smallest absolute Gasteiger partial charge is 0.225 e. The minimum atomic E-state index is 0.244. The second-order valence-corrected chi connectivity index (χ2v) is 8.21. The maximum Gasteiger partial charge on any atom is 0.225 e. The highest BCUT2D eigenvalue weighted by atomic mass is 16.2. The van der Waals surface area contributed by atoms with E-state index in [1.54, 1.807) is 0 Å². The summed E-state index contributed by atoms with van der Waals surface area (Å²) >= 11 is 0. The first-order valence-corrected chi connectivity index (χ1v) is 9.81. The maximum absolute atomic E-state index is 13.0. The quantitative estimate of drug-likeness (QED) is 0.903. The van der Waals surface area contributed by atoms with Crippen molar-refractivity contribution in [3.05, 3.63) is 35.9 Å². The van der Waals surface area contributed by atoms with E-state index in [0.717, 1.165) is 38.8 Å². The molecule has 24 heavy (non-hydrogen) atoms. The topological polar surface area (TPSA) is 46.3 Å². The van der Waals surface area contributed by atoms with Gasteiger partial charge in [0.05, 0.1) is 0 Å². The highest BCUT2D eigenvalue weighted by Gasteiger charge is 2.42. The van der Waals surface area contributed by atoms with E-state index in [1.165, 1.54) is 24.8 Å². The zero-order chi connectivity index (χ0) is 16.5. The molecule has 2 saturated carbocycles. The molecule has 3 fully saturated rings. The van der Waals surface area contributed by atoms with Crippen LogP contribution in [0.2, 0.25) is 0 Å². The summed E-state index contributed by atoms with van der Waals surface area (Å²) in [6.07, 6.45) is 8.06. The lowest BCUT2D eigenvalue weighted by Gasteiger charge is -2.45. The Kier molecular flexibility index (Phi) is 4.62. The average Bonchev–Trinajstić information content (AvgIpc) is 2.62. The summed E-state index contributed by atoms with van der Waals surface area (Å²) in [6, 6.07) is 11.1. The minimum absolute atomic E-state index is 0.244. The molecule has 0 radical (unpaired) electrons. The SMILES string of the molecule is NC1C2CCCC1CC(C(=O)N1CCC(c3ccccc3)CC1)C2. The van der Waals surface area contributed by atoms with Crippen molar-refractivity contribution in [1.82, 2.24) is 4.90 Å². The van der Waals surface area contributed by atoms with Crippen LogP contribution in [0.4, 0.5) is 0 Å². The summed E-state index contributed by atoms with van der Waals surface area (Å²) in [5, 5.41) is 0. The van der Waals surface area contributed by atoms with Crippen LogP contribution in [0.15, 0.2) is 30.3 Å². The van der Waals surface area contributed by atoms with Crippen LogP contribution in [0, 0.1) is 17.8 Å². The van der Waals surface area contributed by atoms with Gasteiger partial charge in [-0.1, -0.05) is 36.8 Å². The van der Waals surface area contributed by atoms with E-state index in [0.29, 0.717) is 29.7 Å². The molecule has 3 aliphatic rings. The summed E-state index contributed by atoms with van der Waals surface area (Å²) in [6.45, 7) is 1.85. The second-order valence-electron chi connectivity index (χ2n) is 8.21. The lowest BCUT2D eigenvalue weighted by atomic mass is 9.65. The summed E-state index contributed by atoms with van der Waals surface area (Å²) in [7, 11) is 0. The van der Waals surface area contributed by atoms with Crippen LogP contribution < -0.4 is 5.73 Å². The molecule has 3 nitrogen and oxygen atoms in total. The third-order valence-electron chi connectivity index (χ3n) is 6.84. The monoisotopic (exact) mass is 326 g/mol. The second kappa shape index (κ2) is 6.87. The molecular weight excluding hydrogens is 296 g/mol. The fourth-order valence-electron chi connectivity index (χ4n) is 5.41. The molecule has 2 aliphatic carbocycles. The van der Waals surface area contributed by atoms with Gasteiger partial charge in [0, 0.05) is 25.0 Å². The number of nitrogens with zero attached hydrogens (tertiary/aromatic N) is 1. The summed E-state index contributed by atoms with van der Waals surface area (Å²) in [5.41, 5.74) is 7.82. The largest absolute Gasteiger partial charge is 0.342 e. The molecule has 2 bridgehead atoms. The number of rotatable bonds is 2. The summed E-state index contributed by atoms with van der Waals surface area (Å²) < 4.78 is 0. The lowest BCUT2D eigenvalue weighted by molar-refractivity contribution is -0.139. The molecule has 0 spiro atoms. The number of likely N-dealkylation sites (tertiary alicyclic amines) is 1. The van der Waals surface area contributed by atoms with Gasteiger partial charge in [-0.2, -0.15) is 0 Å². The molecule has 1 aromatic carbocycles. The van der Waals surface area contributed by atoms with Crippen molar-refractivity contribution < 1.29 is 4.79 Å². The number of benzene rings is 1. The molecular formula is C21H30N2O. The molecule has 1 heterocycles. The molecule has 3 heteroatoms. The Bertz CT molecular complexity index is 550. The van der Waals surface area contributed by atoms with Gasteiger partial charge in [0.1, 0.15) is 0 Å². The van der Waals surface area contributed by atoms with E-state index in [4.69, 9.17) is 5.73 Å². The third kappa shape index (κ3) is 3.11. The Balaban J connectivity index is 1.35. The molecule has 4 rings (SSSR count). The minimum Gasteiger partial charge on any atom is -0.342 e. The molecule has 2 atom stereocenters. The standard InChI is InChI=1S/C21H30N2O/c22-20-17-7-4-8-18(20)14-19(13-17)21(24)23-11-9-16(10-12-23)15-5-2-1-3-6-15/h1-3,5-6,16-20H,4,7-14,22H2. The number of nitrogens with two attached hydrogens (primary N) is 1. The van der Waals surface area contributed by atoms with Crippen molar-refractivity contribution in [1.29, 1.82) is 0 Å². The van der Waals surface area contributed by atoms with Crippen molar-refractivity contribution in [3.8, 4) is 0 Å². The number of fused-ring (bicyclic) bond motifs is 2. The number of hydrogen-bond donors (Lipinski definition) is 1. The normalized spacial score (nSPS) is 34.1. The number of amides is 1. The molecule has 1 amide bonds. The predicted molar refractivity (Wildman–Crippen MR) is 96.5 cm³/mol. The highest BCUT2D eigenvalue weighted by molar-refractivity contribution is 5.79. The van der Waals surface area contributed by atoms with Gasteiger partial charge in [0.25, 0.3) is 0 Å². The molecule has 2 unspecified atom stereocenters. The van der Waals surface area contributed by atoms with Crippen molar-refractivity contribution in [2.75, 3.05) is 13.1 Å². The van der Waals surface area contributed by atoms with Gasteiger partial charge in [-0.15, -0.1) is 0 Å². The summed E-state index contributed by atoms with van der Waals surface area (Å²) in [4.78, 5) is 15.2. The van der Waals surface area contributed by atoms with Gasteiger partial charge >= 0.3 is 0 Å². The Morgan fingerprint density at radius 3 is 2.21 bits per heavy atom. The van der Waals surface area contributed by atoms with Crippen LogP contribution in [0.25, 0.3) is 0 Å². The van der Waals surface area contributed by atoms with Gasteiger partial charge in [-0.05, 0) is 61.8 Å². The fraction of sp³-hybridized carbons (Fsp3) is 0.667. The Morgan fingerprint density at radius 1 is 0.958 bits per heavy atom. The Hall–Kier alpha value is -1.35. The number of carbonyl (C=O) groups excluding carboxylic acids is 1. The van der Waals surface area contributed by atoms with Crippen molar-refractivity contribution in [3.63, 3.8) is 0 Å². The first-order valence-electron chi connectivity index (χ1n) is 9.81. The highest BCUT2D eigenvalue weighted by Crippen LogP contribution is 2.42. The van der Waals surface area contributed by atoms with Crippen LogP contribution in [0.1, 0.15) is 56.4 Å². The molecule has 1 aromatic rings. The lowest BCUT2D eigenvalue weighted by Crippen LogP contribution is -2.50. The first kappa shape index (κ1) is 16.1. The zero-order valence-corrected chi connectivity index (χ0v) is 14.6. The molecule has 0 aromatic heterocycles. The third-order valence-corrected chi connectivity index (χ3v) is 6.84. The van der Waals surface area contributed by atoms with Gasteiger partial charge in [0.2, 0.25) is 5.91 Å². The van der Waals surface area contributed by atoms with Gasteiger partial charge in [-0.3, -0.25) is 4.79 Å². The Morgan fingerprint density at radius 2 is 1.58 bits per heavy atom. The first-order chi connectivity index (χ1) is 11.7. The van der Waals surface area contributed by atoms with Crippen LogP contribution in [0.3, 0.4) is 0 Å². The average molecular weight is 326 g/mol. The van der Waals surface area contributed by atoms with Gasteiger partial charge in [-0.25, -0.2) is 0 Å². The van der Waals surface area contributed by atoms with Crippen molar-refractivity contribution in [2.45, 2.75) is 56.9 Å². The summed E-state index contributed by atoms with van der Waals surface area (Å²) in [5.74, 6) is 2.47. The number of hydrogen-bond acceptors (Lipinski definition) is 2. The van der Waals surface area contributed by atoms with Crippen molar-refractivity contribution >= 4 is 5.91 Å². The van der Waals surface area contributed by atoms with Gasteiger partial charge in [0.15, 0.2) is 0 Å². The van der Waals surface area contributed by atoms with E-state index in [-0.39, 0.29) is 5.92 Å². The number of piperidine rings is 1. The van der Waals surface area contributed by atoms with E-state index < -0.39 is 0 Å². The van der Waals surface area contributed by atoms with Crippen LogP contribution in [-0.2, 0) is 4.79 Å². The fourth-order valence-corrected chi connectivity index (χ4v) is 5.41. The van der Waals surface area contributed by atoms with Crippen LogP contribution in [0.5, 0.6) is 0 Å². The van der Waals surface area contributed by atoms with Crippen LogP contribution in [-0.4, -0.2) is 29.9 Å². The van der Waals surface area contributed by atoms with E-state index in [1.807, 2.05) is 0 Å². The van der Waals surface area contributed by atoms with Crippen molar-refractivity contribution in [2.24, 2.45) is 23.5 Å². The number of carbonyl (C=O) groups is 1.